The summed E-state index contributed by atoms with van der Waals surface area (Å²) in [6.45, 7) is 1.87. The summed E-state index contributed by atoms with van der Waals surface area (Å²) in [5.41, 5.74) is 9.42. The lowest BCUT2D eigenvalue weighted by Crippen LogP contribution is -2.26. The van der Waals surface area contributed by atoms with E-state index in [1.807, 2.05) is 32.2 Å². The van der Waals surface area contributed by atoms with Crippen LogP contribution in [-0.4, -0.2) is 14.9 Å². The number of hydrogen-bond acceptors (Lipinski definition) is 3. The number of rotatable bonds is 2. The zero-order valence-electron chi connectivity index (χ0n) is 11.7. The quantitative estimate of drug-likeness (QED) is 0.835. The molecule has 1 aromatic heterocycles. The molecule has 0 amide bonds. The minimum atomic E-state index is -0.882. The number of nitrogens with zero attached hydrogens (tertiary/aromatic N) is 2. The first kappa shape index (κ1) is 13.5. The molecular weight excluding hydrogens is 274 g/mol. The van der Waals surface area contributed by atoms with E-state index < -0.39 is 5.60 Å². The molecule has 1 aliphatic rings. The Hall–Kier alpha value is -1.52. The molecule has 4 nitrogen and oxygen atoms in total. The minimum absolute atomic E-state index is 0.472. The fraction of sp³-hybridized carbons (Fsp3) is 0.400. The molecule has 0 spiro atoms. The molecule has 20 heavy (non-hydrogen) atoms. The molecule has 1 heterocycles. The second-order valence-corrected chi connectivity index (χ2v) is 5.97. The maximum atomic E-state index is 11.0. The Kier molecular flexibility index (Phi) is 3.03. The van der Waals surface area contributed by atoms with Crippen LogP contribution in [0.3, 0.4) is 0 Å². The van der Waals surface area contributed by atoms with Gasteiger partial charge in [0.15, 0.2) is 0 Å². The summed E-state index contributed by atoms with van der Waals surface area (Å²) in [6.07, 6.45) is 2.00. The van der Waals surface area contributed by atoms with E-state index in [4.69, 9.17) is 17.3 Å². The first-order chi connectivity index (χ1) is 9.40. The maximum absolute atomic E-state index is 11.0. The molecule has 3 N–H and O–H groups in total. The van der Waals surface area contributed by atoms with E-state index in [0.29, 0.717) is 17.9 Å². The van der Waals surface area contributed by atoms with Crippen LogP contribution in [0, 0.1) is 6.92 Å². The molecule has 1 aromatic carbocycles. The Morgan fingerprint density at radius 2 is 2.25 bits per heavy atom. The summed E-state index contributed by atoms with van der Waals surface area (Å²) in [5.74, 6) is 0. The van der Waals surface area contributed by atoms with Crippen molar-refractivity contribution < 1.29 is 5.11 Å². The van der Waals surface area contributed by atoms with E-state index in [-0.39, 0.29) is 0 Å². The molecule has 0 bridgehead atoms. The Bertz CT molecular complexity index is 680. The zero-order chi connectivity index (χ0) is 14.5. The highest BCUT2D eigenvalue weighted by Gasteiger charge is 2.38. The Morgan fingerprint density at radius 1 is 1.50 bits per heavy atom. The van der Waals surface area contributed by atoms with Crippen molar-refractivity contribution in [1.29, 1.82) is 0 Å². The molecule has 0 saturated heterocycles. The first-order valence-corrected chi connectivity index (χ1v) is 7.08. The van der Waals surface area contributed by atoms with Gasteiger partial charge in [-0.25, -0.2) is 0 Å². The molecule has 0 fully saturated rings. The molecule has 1 aliphatic carbocycles. The van der Waals surface area contributed by atoms with Gasteiger partial charge in [-0.3, -0.25) is 4.68 Å². The fourth-order valence-electron chi connectivity index (χ4n) is 3.08. The molecule has 1 unspecified atom stereocenters. The predicted octanol–water partition coefficient (Wildman–Crippen LogP) is 2.34. The number of halogens is 1. The van der Waals surface area contributed by atoms with E-state index in [1.54, 1.807) is 4.68 Å². The van der Waals surface area contributed by atoms with Crippen molar-refractivity contribution in [2.45, 2.75) is 31.8 Å². The monoisotopic (exact) mass is 291 g/mol. The van der Waals surface area contributed by atoms with Crippen molar-refractivity contribution in [3.8, 4) is 0 Å². The zero-order valence-corrected chi connectivity index (χ0v) is 12.4. The van der Waals surface area contributed by atoms with Crippen LogP contribution in [0.5, 0.6) is 0 Å². The highest BCUT2D eigenvalue weighted by molar-refractivity contribution is 6.31. The van der Waals surface area contributed by atoms with Gasteiger partial charge in [-0.15, -0.1) is 0 Å². The van der Waals surface area contributed by atoms with E-state index >= 15 is 0 Å². The average molecular weight is 292 g/mol. The summed E-state index contributed by atoms with van der Waals surface area (Å²) in [5, 5.41) is 16.0. The van der Waals surface area contributed by atoms with E-state index in [9.17, 15) is 5.11 Å². The minimum Gasteiger partial charge on any atom is -0.399 e. The third kappa shape index (κ3) is 2.00. The summed E-state index contributed by atoms with van der Waals surface area (Å²) in [7, 11) is 1.86. The van der Waals surface area contributed by atoms with Crippen LogP contribution in [-0.2, 0) is 25.5 Å². The van der Waals surface area contributed by atoms with Crippen LogP contribution in [0.25, 0.3) is 0 Å². The van der Waals surface area contributed by atoms with Gasteiger partial charge in [-0.2, -0.15) is 5.10 Å². The second kappa shape index (κ2) is 4.50. The molecular formula is C15H18ClN3O. The van der Waals surface area contributed by atoms with Crippen LogP contribution in [0.2, 0.25) is 5.02 Å². The summed E-state index contributed by atoms with van der Waals surface area (Å²) >= 11 is 6.29. The Morgan fingerprint density at radius 3 is 2.90 bits per heavy atom. The summed E-state index contributed by atoms with van der Waals surface area (Å²) < 4.78 is 1.75. The number of anilines is 1. The van der Waals surface area contributed by atoms with Crippen molar-refractivity contribution in [2.24, 2.45) is 7.05 Å². The maximum Gasteiger partial charge on any atom is 0.0958 e. The van der Waals surface area contributed by atoms with Crippen molar-refractivity contribution in [3.63, 3.8) is 0 Å². The third-order valence-corrected chi connectivity index (χ3v) is 4.65. The molecule has 3 rings (SSSR count). The Labute approximate surface area is 123 Å². The Balaban J connectivity index is 2.00. The van der Waals surface area contributed by atoms with E-state index in [0.717, 1.165) is 34.6 Å². The van der Waals surface area contributed by atoms with Crippen molar-refractivity contribution in [1.82, 2.24) is 9.78 Å². The van der Waals surface area contributed by atoms with Gasteiger partial charge < -0.3 is 10.8 Å². The van der Waals surface area contributed by atoms with Crippen LogP contribution in [0.4, 0.5) is 5.69 Å². The van der Waals surface area contributed by atoms with Gasteiger partial charge in [-0.1, -0.05) is 17.7 Å². The van der Waals surface area contributed by atoms with Crippen molar-refractivity contribution in [3.05, 3.63) is 45.7 Å². The van der Waals surface area contributed by atoms with Crippen LogP contribution < -0.4 is 5.73 Å². The summed E-state index contributed by atoms with van der Waals surface area (Å²) in [6, 6.07) is 5.71. The highest BCUT2D eigenvalue weighted by Crippen LogP contribution is 2.41. The number of nitrogen functional groups attached to an aromatic ring is 1. The largest absolute Gasteiger partial charge is 0.399 e. The topological polar surface area (TPSA) is 64.1 Å². The fourth-order valence-corrected chi connectivity index (χ4v) is 3.31. The highest BCUT2D eigenvalue weighted by atomic mass is 35.5. The molecule has 0 aliphatic heterocycles. The van der Waals surface area contributed by atoms with Crippen LogP contribution >= 0.6 is 11.6 Å². The van der Waals surface area contributed by atoms with Gasteiger partial charge in [0.2, 0.25) is 0 Å². The number of fused-ring (bicyclic) bond motifs is 1. The molecule has 1 atom stereocenters. The van der Waals surface area contributed by atoms with Gasteiger partial charge in [0.1, 0.15) is 0 Å². The van der Waals surface area contributed by atoms with Crippen molar-refractivity contribution in [2.75, 3.05) is 5.73 Å². The van der Waals surface area contributed by atoms with E-state index in [1.165, 1.54) is 0 Å². The van der Waals surface area contributed by atoms with Gasteiger partial charge >= 0.3 is 0 Å². The first-order valence-electron chi connectivity index (χ1n) is 6.70. The van der Waals surface area contributed by atoms with Gasteiger partial charge in [0.25, 0.3) is 0 Å². The summed E-state index contributed by atoms with van der Waals surface area (Å²) in [4.78, 5) is 0. The lowest BCUT2D eigenvalue weighted by Gasteiger charge is -2.24. The van der Waals surface area contributed by atoms with Crippen molar-refractivity contribution >= 4 is 17.3 Å². The molecule has 5 heteroatoms. The molecule has 0 saturated carbocycles. The van der Waals surface area contributed by atoms with E-state index in [2.05, 4.69) is 5.10 Å². The molecule has 0 radical (unpaired) electrons. The van der Waals surface area contributed by atoms with Gasteiger partial charge in [0, 0.05) is 19.2 Å². The molecule has 2 aromatic rings. The average Bonchev–Trinajstić information content (AvgIpc) is 2.83. The number of aliphatic hydroxyl groups is 1. The van der Waals surface area contributed by atoms with Gasteiger partial charge in [-0.05, 0) is 43.0 Å². The number of benzene rings is 1. The SMILES string of the molecule is Cc1nn(C)c(CC2(O)CCc3cc(N)ccc32)c1Cl. The number of aromatic nitrogens is 2. The third-order valence-electron chi connectivity index (χ3n) is 4.16. The standard InChI is InChI=1S/C15H18ClN3O/c1-9-14(16)13(19(2)18-9)8-15(20)6-5-10-7-11(17)3-4-12(10)15/h3-4,7,20H,5-6,8,17H2,1-2H3. The number of aryl methyl sites for hydroxylation is 3. The van der Waals surface area contributed by atoms with Crippen LogP contribution in [0.1, 0.15) is 28.9 Å². The van der Waals surface area contributed by atoms with Crippen LogP contribution in [0.15, 0.2) is 18.2 Å². The predicted molar refractivity (Wildman–Crippen MR) is 79.7 cm³/mol. The number of hydrogen-bond donors (Lipinski definition) is 2. The second-order valence-electron chi connectivity index (χ2n) is 5.59. The molecule has 106 valence electrons. The smallest absolute Gasteiger partial charge is 0.0958 e. The number of nitrogens with two attached hydrogens (primary N) is 1. The normalized spacial score (nSPS) is 21.2. The lowest BCUT2D eigenvalue weighted by molar-refractivity contribution is 0.0371. The van der Waals surface area contributed by atoms with Gasteiger partial charge in [0.05, 0.1) is 22.0 Å². The lowest BCUT2D eigenvalue weighted by atomic mass is 9.90.